The minimum absolute atomic E-state index is 0.212. The Bertz CT molecular complexity index is 592. The molecule has 0 spiro atoms. The van der Waals surface area contributed by atoms with Crippen LogP contribution < -0.4 is 0 Å². The van der Waals surface area contributed by atoms with Crippen molar-refractivity contribution in [3.05, 3.63) is 40.6 Å². The van der Waals surface area contributed by atoms with Gasteiger partial charge >= 0.3 is 6.18 Å². The highest BCUT2D eigenvalue weighted by Crippen LogP contribution is 2.24. The second-order valence-electron chi connectivity index (χ2n) is 3.48. The summed E-state index contributed by atoms with van der Waals surface area (Å²) in [4.78, 5) is 17.1. The van der Waals surface area contributed by atoms with E-state index in [-0.39, 0.29) is 5.82 Å². The Morgan fingerprint density at radius 2 is 2.06 bits per heavy atom. The van der Waals surface area contributed by atoms with Crippen molar-refractivity contribution in [2.45, 2.75) is 6.18 Å². The third kappa shape index (κ3) is 2.61. The average Bonchev–Trinajstić information content (AvgIpc) is 2.75. The van der Waals surface area contributed by atoms with Gasteiger partial charge in [0.15, 0.2) is 0 Å². The molecule has 18 heavy (non-hydrogen) atoms. The molecule has 0 amide bonds. The van der Waals surface area contributed by atoms with Crippen LogP contribution in [0.15, 0.2) is 34.9 Å². The van der Waals surface area contributed by atoms with Crippen LogP contribution in [-0.2, 0) is 0 Å². The van der Waals surface area contributed by atoms with Crippen LogP contribution in [0.4, 0.5) is 13.2 Å². The second-order valence-corrected chi connectivity index (χ2v) is 4.40. The van der Waals surface area contributed by atoms with Crippen molar-refractivity contribution in [1.29, 1.82) is 0 Å². The molecule has 3 nitrogen and oxygen atoms in total. The van der Waals surface area contributed by atoms with Crippen molar-refractivity contribution in [2.75, 3.05) is 0 Å². The van der Waals surface area contributed by atoms with Gasteiger partial charge in [-0.25, -0.2) is 4.98 Å². The molecule has 7 heteroatoms. The topological polar surface area (TPSA) is 45.8 Å². The lowest BCUT2D eigenvalue weighted by molar-refractivity contribution is -0.0888. The maximum Gasteiger partial charge on any atom is 0.456 e. The van der Waals surface area contributed by atoms with E-state index in [0.29, 0.717) is 5.56 Å². The van der Waals surface area contributed by atoms with Crippen LogP contribution >= 0.6 is 15.9 Å². The van der Waals surface area contributed by atoms with Crippen molar-refractivity contribution in [2.24, 2.45) is 0 Å². The normalized spacial score (nSPS) is 11.6. The highest BCUT2D eigenvalue weighted by molar-refractivity contribution is 9.10. The predicted molar refractivity (Wildman–Crippen MR) is 62.1 cm³/mol. The molecule has 2 aromatic rings. The molecule has 1 heterocycles. The summed E-state index contributed by atoms with van der Waals surface area (Å²) < 4.78 is 37.4. The van der Waals surface area contributed by atoms with Crippen LogP contribution in [0.25, 0.3) is 11.4 Å². The van der Waals surface area contributed by atoms with E-state index >= 15 is 0 Å². The lowest BCUT2D eigenvalue weighted by Gasteiger charge is -2.01. The van der Waals surface area contributed by atoms with Gasteiger partial charge in [0.05, 0.1) is 6.20 Å². The molecule has 0 saturated heterocycles. The highest BCUT2D eigenvalue weighted by Gasteiger charge is 2.40. The summed E-state index contributed by atoms with van der Waals surface area (Å²) >= 11 is 3.24. The van der Waals surface area contributed by atoms with Crippen molar-refractivity contribution < 1.29 is 18.0 Å². The van der Waals surface area contributed by atoms with Gasteiger partial charge in [0, 0.05) is 10.0 Å². The number of carbonyl (C=O) groups is 1. The third-order valence-corrected chi connectivity index (χ3v) is 2.67. The first-order valence-corrected chi connectivity index (χ1v) is 5.59. The Balaban J connectivity index is 2.34. The molecule has 94 valence electrons. The van der Waals surface area contributed by atoms with E-state index in [4.69, 9.17) is 0 Å². The zero-order valence-corrected chi connectivity index (χ0v) is 10.3. The Hall–Kier alpha value is -1.63. The van der Waals surface area contributed by atoms with Gasteiger partial charge in [-0.2, -0.15) is 13.2 Å². The molecule has 0 unspecified atom stereocenters. The first kappa shape index (κ1) is 12.8. The number of H-pyrrole nitrogens is 1. The quantitative estimate of drug-likeness (QED) is 0.860. The number of Topliss-reactive ketones (excluding diaryl/α,β-unsaturated/α-hetero) is 1. The monoisotopic (exact) mass is 318 g/mol. The van der Waals surface area contributed by atoms with E-state index < -0.39 is 17.7 Å². The molecule has 0 aliphatic rings. The highest BCUT2D eigenvalue weighted by atomic mass is 79.9. The molecule has 1 aromatic carbocycles. The molecule has 0 saturated carbocycles. The van der Waals surface area contributed by atoms with Gasteiger partial charge in [-0.15, -0.1) is 0 Å². The average molecular weight is 319 g/mol. The lowest BCUT2D eigenvalue weighted by Crippen LogP contribution is -2.22. The summed E-state index contributed by atoms with van der Waals surface area (Å²) in [6, 6.07) is 6.84. The summed E-state index contributed by atoms with van der Waals surface area (Å²) in [5.41, 5.74) is 0.0167. The summed E-state index contributed by atoms with van der Waals surface area (Å²) in [6.45, 7) is 0. The number of rotatable bonds is 2. The number of aromatic amines is 1. The number of benzene rings is 1. The number of ketones is 1. The molecule has 2 rings (SSSR count). The Morgan fingerprint density at radius 3 is 2.67 bits per heavy atom. The number of alkyl halides is 3. The van der Waals surface area contributed by atoms with Crippen molar-refractivity contribution >= 4 is 21.7 Å². The molecular formula is C11H6BrF3N2O. The molecule has 0 bridgehead atoms. The number of carbonyl (C=O) groups excluding carboxylic acids is 1. The van der Waals surface area contributed by atoms with Crippen molar-refractivity contribution in [1.82, 2.24) is 9.97 Å². The molecule has 0 radical (unpaired) electrons. The fourth-order valence-corrected chi connectivity index (χ4v) is 1.77. The number of nitrogens with zero attached hydrogens (tertiary/aromatic N) is 1. The van der Waals surface area contributed by atoms with E-state index in [1.54, 1.807) is 24.3 Å². The summed E-state index contributed by atoms with van der Waals surface area (Å²) in [7, 11) is 0. The molecule has 0 aliphatic carbocycles. The number of hydrogen-bond acceptors (Lipinski definition) is 2. The molecule has 1 N–H and O–H groups in total. The lowest BCUT2D eigenvalue weighted by atomic mass is 10.2. The van der Waals surface area contributed by atoms with Crippen molar-refractivity contribution in [3.63, 3.8) is 0 Å². The molecule has 0 fully saturated rings. The fourth-order valence-electron chi connectivity index (χ4n) is 1.37. The van der Waals surface area contributed by atoms with E-state index in [1.165, 1.54) is 0 Å². The van der Waals surface area contributed by atoms with E-state index in [9.17, 15) is 18.0 Å². The molecular weight excluding hydrogens is 313 g/mol. The van der Waals surface area contributed by atoms with Crippen LogP contribution in [0.2, 0.25) is 0 Å². The van der Waals surface area contributed by atoms with Gasteiger partial charge in [0.2, 0.25) is 0 Å². The fraction of sp³-hybridized carbons (Fsp3) is 0.0909. The molecule has 1 aromatic heterocycles. The number of aromatic nitrogens is 2. The largest absolute Gasteiger partial charge is 0.456 e. The summed E-state index contributed by atoms with van der Waals surface area (Å²) in [5, 5.41) is 0. The van der Waals surface area contributed by atoms with Gasteiger partial charge in [-0.1, -0.05) is 28.1 Å². The second kappa shape index (κ2) is 4.56. The SMILES string of the molecule is O=C(c1cnc(-c2cccc(Br)c2)[nH]1)C(F)(F)F. The number of imidazole rings is 1. The number of nitrogens with one attached hydrogen (secondary N) is 1. The maximum atomic E-state index is 12.2. The van der Waals surface area contributed by atoms with Gasteiger partial charge in [-0.05, 0) is 12.1 Å². The summed E-state index contributed by atoms with van der Waals surface area (Å²) in [5.74, 6) is -1.72. The molecule has 0 aliphatic heterocycles. The predicted octanol–water partition coefficient (Wildman–Crippen LogP) is 3.58. The van der Waals surface area contributed by atoms with E-state index in [2.05, 4.69) is 25.9 Å². The summed E-state index contributed by atoms with van der Waals surface area (Å²) in [6.07, 6.45) is -4.02. The standard InChI is InChI=1S/C11H6BrF3N2O/c12-7-3-1-2-6(4-7)10-16-5-8(17-10)9(18)11(13,14)15/h1-5H,(H,16,17). The minimum Gasteiger partial charge on any atom is -0.335 e. The van der Waals surface area contributed by atoms with Crippen LogP contribution in [0.3, 0.4) is 0 Å². The van der Waals surface area contributed by atoms with Gasteiger partial charge < -0.3 is 4.98 Å². The molecule has 0 atom stereocenters. The first-order chi connectivity index (χ1) is 8.38. The zero-order valence-electron chi connectivity index (χ0n) is 8.75. The van der Waals surface area contributed by atoms with E-state index in [0.717, 1.165) is 10.7 Å². The van der Waals surface area contributed by atoms with Gasteiger partial charge in [0.25, 0.3) is 5.78 Å². The minimum atomic E-state index is -4.90. The van der Waals surface area contributed by atoms with Crippen LogP contribution in [0, 0.1) is 0 Å². The first-order valence-electron chi connectivity index (χ1n) is 4.80. The van der Waals surface area contributed by atoms with Crippen LogP contribution in [0.1, 0.15) is 10.5 Å². The third-order valence-electron chi connectivity index (χ3n) is 2.18. The van der Waals surface area contributed by atoms with Gasteiger partial charge in [-0.3, -0.25) is 4.79 Å². The van der Waals surface area contributed by atoms with Crippen LogP contribution in [0.5, 0.6) is 0 Å². The Kier molecular flexibility index (Phi) is 3.25. The Labute approximate surface area is 108 Å². The van der Waals surface area contributed by atoms with Crippen molar-refractivity contribution in [3.8, 4) is 11.4 Å². The Morgan fingerprint density at radius 1 is 1.33 bits per heavy atom. The number of hydrogen-bond donors (Lipinski definition) is 1. The van der Waals surface area contributed by atoms with Crippen LogP contribution in [-0.4, -0.2) is 21.9 Å². The zero-order chi connectivity index (χ0) is 13.3. The smallest absolute Gasteiger partial charge is 0.335 e. The van der Waals surface area contributed by atoms with Gasteiger partial charge in [0.1, 0.15) is 11.5 Å². The van der Waals surface area contributed by atoms with E-state index in [1.807, 2.05) is 0 Å². The maximum absolute atomic E-state index is 12.2. The number of halogens is 4.